The highest BCUT2D eigenvalue weighted by Crippen LogP contribution is 2.36. The third-order valence-electron chi connectivity index (χ3n) is 4.08. The van der Waals surface area contributed by atoms with E-state index in [9.17, 15) is 0 Å². The molecule has 0 amide bonds. The molecule has 0 N–H and O–H groups in total. The van der Waals surface area contributed by atoms with Crippen molar-refractivity contribution in [3.8, 4) is 0 Å². The lowest BCUT2D eigenvalue weighted by Crippen LogP contribution is -2.27. The second-order valence-corrected chi connectivity index (χ2v) is 5.69. The van der Waals surface area contributed by atoms with Crippen LogP contribution in [0.5, 0.6) is 0 Å². The van der Waals surface area contributed by atoms with Crippen molar-refractivity contribution in [2.45, 2.75) is 64.1 Å². The van der Waals surface area contributed by atoms with Gasteiger partial charge < -0.3 is 9.47 Å². The van der Waals surface area contributed by atoms with E-state index in [-0.39, 0.29) is 0 Å². The third kappa shape index (κ3) is 4.32. The summed E-state index contributed by atoms with van der Waals surface area (Å²) in [4.78, 5) is 0. The largest absolute Gasteiger partial charge is 0.343 e. The zero-order valence-electron chi connectivity index (χ0n) is 12.8. The fourth-order valence-electron chi connectivity index (χ4n) is 2.92. The van der Waals surface area contributed by atoms with E-state index in [4.69, 9.17) is 9.47 Å². The van der Waals surface area contributed by atoms with Crippen molar-refractivity contribution in [2.75, 3.05) is 13.2 Å². The lowest BCUT2D eigenvalue weighted by molar-refractivity contribution is -0.171. The topological polar surface area (TPSA) is 18.5 Å². The summed E-state index contributed by atoms with van der Waals surface area (Å²) in [5, 5.41) is 0. The molecule has 1 aromatic carbocycles. The van der Waals surface area contributed by atoms with Crippen molar-refractivity contribution >= 4 is 0 Å². The van der Waals surface area contributed by atoms with Crippen molar-refractivity contribution in [3.05, 3.63) is 35.9 Å². The highest BCUT2D eigenvalue weighted by Gasteiger charge is 2.37. The molecule has 2 nitrogen and oxygen atoms in total. The molecule has 1 saturated heterocycles. The van der Waals surface area contributed by atoms with Gasteiger partial charge in [-0.1, -0.05) is 75.8 Å². The van der Waals surface area contributed by atoms with Crippen LogP contribution in [0.3, 0.4) is 0 Å². The fourth-order valence-corrected chi connectivity index (χ4v) is 2.92. The van der Waals surface area contributed by atoms with Gasteiger partial charge in [-0.05, 0) is 6.42 Å². The average Bonchev–Trinajstić information content (AvgIpc) is 2.97. The molecule has 1 aromatic rings. The van der Waals surface area contributed by atoms with Crippen molar-refractivity contribution < 1.29 is 9.47 Å². The second kappa shape index (κ2) is 8.43. The first-order valence-electron chi connectivity index (χ1n) is 8.21. The number of unbranched alkanes of at least 4 members (excludes halogenated alkanes) is 6. The van der Waals surface area contributed by atoms with E-state index in [1.54, 1.807) is 0 Å². The predicted molar refractivity (Wildman–Crippen MR) is 82.6 cm³/mol. The summed E-state index contributed by atoms with van der Waals surface area (Å²) in [6.07, 6.45) is 10.2. The fraction of sp³-hybridized carbons (Fsp3) is 0.667. The molecule has 0 saturated carbocycles. The molecule has 20 heavy (non-hydrogen) atoms. The minimum atomic E-state index is -0.468. The zero-order valence-corrected chi connectivity index (χ0v) is 12.8. The lowest BCUT2D eigenvalue weighted by atomic mass is 9.98. The summed E-state index contributed by atoms with van der Waals surface area (Å²) in [5.74, 6) is -0.468. The molecule has 1 heterocycles. The molecule has 0 spiro atoms. The molecule has 0 radical (unpaired) electrons. The maximum atomic E-state index is 5.95. The van der Waals surface area contributed by atoms with Gasteiger partial charge in [0.1, 0.15) is 0 Å². The van der Waals surface area contributed by atoms with Crippen LogP contribution in [0.2, 0.25) is 0 Å². The van der Waals surface area contributed by atoms with Gasteiger partial charge in [-0.2, -0.15) is 0 Å². The van der Waals surface area contributed by atoms with Crippen molar-refractivity contribution in [1.82, 2.24) is 0 Å². The van der Waals surface area contributed by atoms with Gasteiger partial charge >= 0.3 is 0 Å². The average molecular weight is 276 g/mol. The molecular formula is C18H28O2. The molecule has 0 aliphatic carbocycles. The Labute approximate surface area is 123 Å². The number of hydrogen-bond donors (Lipinski definition) is 0. The van der Waals surface area contributed by atoms with Crippen LogP contribution >= 0.6 is 0 Å². The molecule has 0 bridgehead atoms. The second-order valence-electron chi connectivity index (χ2n) is 5.69. The van der Waals surface area contributed by atoms with Crippen molar-refractivity contribution in [2.24, 2.45) is 0 Å². The van der Waals surface area contributed by atoms with Gasteiger partial charge in [-0.15, -0.1) is 0 Å². The zero-order chi connectivity index (χ0) is 14.1. The Morgan fingerprint density at radius 1 is 0.850 bits per heavy atom. The first-order valence-corrected chi connectivity index (χ1v) is 8.21. The van der Waals surface area contributed by atoms with Crippen LogP contribution in [-0.2, 0) is 15.3 Å². The first kappa shape index (κ1) is 15.5. The molecule has 112 valence electrons. The Balaban J connectivity index is 1.76. The summed E-state index contributed by atoms with van der Waals surface area (Å²) in [5.41, 5.74) is 1.17. The Hall–Kier alpha value is -0.860. The molecule has 0 aromatic heterocycles. The normalized spacial score (nSPS) is 17.4. The maximum absolute atomic E-state index is 5.95. The van der Waals surface area contributed by atoms with Gasteiger partial charge in [0.15, 0.2) is 5.79 Å². The molecule has 2 heteroatoms. The summed E-state index contributed by atoms with van der Waals surface area (Å²) in [6.45, 7) is 3.69. The van der Waals surface area contributed by atoms with Crippen LogP contribution in [0.15, 0.2) is 30.3 Å². The smallest absolute Gasteiger partial charge is 0.194 e. The van der Waals surface area contributed by atoms with Gasteiger partial charge in [0.05, 0.1) is 13.2 Å². The Morgan fingerprint density at radius 3 is 2.10 bits per heavy atom. The number of hydrogen-bond acceptors (Lipinski definition) is 2. The van der Waals surface area contributed by atoms with Gasteiger partial charge in [0.25, 0.3) is 0 Å². The summed E-state index contributed by atoms with van der Waals surface area (Å²) in [7, 11) is 0. The molecular weight excluding hydrogens is 248 g/mol. The molecule has 2 rings (SSSR count). The van der Waals surface area contributed by atoms with E-state index >= 15 is 0 Å². The standard InChI is InChI=1S/C18H28O2/c1-2-3-4-5-6-7-11-14-18(19-15-16-20-18)17-12-9-8-10-13-17/h8-10,12-13H,2-7,11,14-16H2,1H3. The molecule has 1 aliphatic heterocycles. The summed E-state index contributed by atoms with van der Waals surface area (Å²) < 4.78 is 11.9. The number of rotatable bonds is 9. The molecule has 1 aliphatic rings. The lowest BCUT2D eigenvalue weighted by Gasteiger charge is -2.28. The van der Waals surface area contributed by atoms with Crippen LogP contribution < -0.4 is 0 Å². The number of benzene rings is 1. The number of ether oxygens (including phenoxy) is 2. The van der Waals surface area contributed by atoms with Crippen LogP contribution in [0.1, 0.15) is 63.9 Å². The Morgan fingerprint density at radius 2 is 1.45 bits per heavy atom. The van der Waals surface area contributed by atoms with Gasteiger partial charge in [0, 0.05) is 12.0 Å². The van der Waals surface area contributed by atoms with E-state index in [2.05, 4.69) is 31.2 Å². The van der Waals surface area contributed by atoms with E-state index < -0.39 is 5.79 Å². The van der Waals surface area contributed by atoms with Crippen LogP contribution in [0.4, 0.5) is 0 Å². The third-order valence-corrected chi connectivity index (χ3v) is 4.08. The molecule has 0 unspecified atom stereocenters. The maximum Gasteiger partial charge on any atom is 0.194 e. The summed E-state index contributed by atoms with van der Waals surface area (Å²) in [6, 6.07) is 10.4. The predicted octanol–water partition coefficient (Wildman–Crippen LogP) is 5.03. The Kier molecular flexibility index (Phi) is 6.55. The van der Waals surface area contributed by atoms with Gasteiger partial charge in [0.2, 0.25) is 0 Å². The van der Waals surface area contributed by atoms with E-state index in [0.717, 1.165) is 6.42 Å². The van der Waals surface area contributed by atoms with Crippen molar-refractivity contribution in [3.63, 3.8) is 0 Å². The van der Waals surface area contributed by atoms with Crippen LogP contribution in [-0.4, -0.2) is 13.2 Å². The SMILES string of the molecule is CCCCCCCCCC1(c2ccccc2)OCCO1. The van der Waals surface area contributed by atoms with E-state index in [1.807, 2.05) is 6.07 Å². The first-order chi connectivity index (χ1) is 9.87. The molecule has 0 atom stereocenters. The monoisotopic (exact) mass is 276 g/mol. The summed E-state index contributed by atoms with van der Waals surface area (Å²) >= 11 is 0. The molecule has 1 fully saturated rings. The van der Waals surface area contributed by atoms with E-state index in [0.29, 0.717) is 13.2 Å². The van der Waals surface area contributed by atoms with E-state index in [1.165, 1.54) is 50.5 Å². The highest BCUT2D eigenvalue weighted by molar-refractivity contribution is 5.20. The minimum absolute atomic E-state index is 0.468. The van der Waals surface area contributed by atoms with Crippen LogP contribution in [0.25, 0.3) is 0 Å². The Bertz CT molecular complexity index is 355. The van der Waals surface area contributed by atoms with Crippen LogP contribution in [0, 0.1) is 0 Å². The van der Waals surface area contributed by atoms with Gasteiger partial charge in [-0.3, -0.25) is 0 Å². The quantitative estimate of drug-likeness (QED) is 0.589. The van der Waals surface area contributed by atoms with Crippen molar-refractivity contribution in [1.29, 1.82) is 0 Å². The minimum Gasteiger partial charge on any atom is -0.343 e. The van der Waals surface area contributed by atoms with Gasteiger partial charge in [-0.25, -0.2) is 0 Å². The highest BCUT2D eigenvalue weighted by atomic mass is 16.7.